The molecule has 0 fully saturated rings. The summed E-state index contributed by atoms with van der Waals surface area (Å²) >= 11 is 0. The molecule has 1 unspecified atom stereocenters. The van der Waals surface area contributed by atoms with Crippen molar-refractivity contribution in [2.75, 3.05) is 0 Å². The number of benzene rings is 3. The molecule has 3 rings (SSSR count). The summed E-state index contributed by atoms with van der Waals surface area (Å²) in [5.74, 6) is -0.827. The van der Waals surface area contributed by atoms with Crippen LogP contribution in [0.15, 0.2) is 54.6 Å². The summed E-state index contributed by atoms with van der Waals surface area (Å²) in [6, 6.07) is 17.9. The maximum Gasteiger partial charge on any atom is 0.340 e. The highest BCUT2D eigenvalue weighted by Gasteiger charge is 2.14. The monoisotopic (exact) mass is 281 g/mol. The van der Waals surface area contributed by atoms with E-state index in [0.717, 1.165) is 27.1 Å². The van der Waals surface area contributed by atoms with E-state index in [4.69, 9.17) is 4.74 Å². The Morgan fingerprint density at radius 2 is 1.57 bits per heavy atom. The van der Waals surface area contributed by atoms with Gasteiger partial charge in [0, 0.05) is 5.56 Å². The fraction of sp³-hybridized carbons (Fsp3) is 0.167. The highest BCUT2D eigenvalue weighted by Crippen LogP contribution is 2.29. The fourth-order valence-corrected chi connectivity index (χ4v) is 2.52. The molecule has 0 aromatic heterocycles. The lowest BCUT2D eigenvalue weighted by Gasteiger charge is -2.12. The molecule has 0 radical (unpaired) electrons. The molecule has 0 spiro atoms. The van der Waals surface area contributed by atoms with Crippen molar-refractivity contribution in [3.05, 3.63) is 60.2 Å². The minimum Gasteiger partial charge on any atom is -0.459 e. The molecule has 0 amide bonds. The molecule has 0 aliphatic heterocycles. The molecule has 106 valence electrons. The Kier molecular flexibility index (Phi) is 3.57. The van der Waals surface area contributed by atoms with Gasteiger partial charge in [-0.3, -0.25) is 0 Å². The van der Waals surface area contributed by atoms with Gasteiger partial charge >= 0.3 is 5.97 Å². The number of ether oxygens (including phenoxy) is 1. The fourth-order valence-electron chi connectivity index (χ4n) is 2.52. The van der Waals surface area contributed by atoms with E-state index in [2.05, 4.69) is 6.07 Å². The summed E-state index contributed by atoms with van der Waals surface area (Å²) in [5, 5.41) is 4.21. The van der Waals surface area contributed by atoms with Gasteiger partial charge in [0.05, 0.1) is 0 Å². The molecular weight excluding hydrogens is 266 g/mol. The van der Waals surface area contributed by atoms with Crippen molar-refractivity contribution in [3.63, 3.8) is 0 Å². The average Bonchev–Trinajstić information content (AvgIpc) is 2.51. The summed E-state index contributed by atoms with van der Waals surface area (Å²) in [7, 11) is 0. The Balaban J connectivity index is 2.14. The molecule has 21 heavy (non-hydrogen) atoms. The van der Waals surface area contributed by atoms with Crippen molar-refractivity contribution in [1.29, 1.82) is 0 Å². The minimum atomic E-state index is -1.61. The Morgan fingerprint density at radius 1 is 1.05 bits per heavy atom. The number of hydrogen-bond donors (Lipinski definition) is 0. The van der Waals surface area contributed by atoms with Crippen LogP contribution in [0.25, 0.3) is 21.5 Å². The third-order valence-electron chi connectivity index (χ3n) is 3.57. The molecule has 0 N–H and O–H groups in total. The number of fused-ring (bicyclic) bond motifs is 2. The van der Waals surface area contributed by atoms with E-state index in [9.17, 15) is 9.18 Å². The number of carbonyl (C=O) groups excluding carboxylic acids is 1. The van der Waals surface area contributed by atoms with E-state index in [1.807, 2.05) is 48.5 Å². The number of hydrogen-bond acceptors (Lipinski definition) is 2. The summed E-state index contributed by atoms with van der Waals surface area (Å²) in [4.78, 5) is 11.4. The lowest BCUT2D eigenvalue weighted by molar-refractivity contribution is -0.150. The summed E-state index contributed by atoms with van der Waals surface area (Å²) in [6.45, 7) is 1.26. The van der Waals surface area contributed by atoms with Gasteiger partial charge in [-0.25, -0.2) is 9.18 Å². The van der Waals surface area contributed by atoms with E-state index in [1.54, 1.807) is 0 Å². The molecule has 0 saturated carbocycles. The van der Waals surface area contributed by atoms with Crippen LogP contribution in [0.5, 0.6) is 0 Å². The zero-order valence-corrected chi connectivity index (χ0v) is 11.7. The van der Waals surface area contributed by atoms with Crippen LogP contribution in [-0.2, 0) is 16.1 Å². The largest absolute Gasteiger partial charge is 0.459 e. The highest BCUT2D eigenvalue weighted by molar-refractivity contribution is 6.02. The molecule has 0 aliphatic carbocycles. The maximum absolute atomic E-state index is 13.0. The van der Waals surface area contributed by atoms with Gasteiger partial charge in [0.2, 0.25) is 0 Å². The average molecular weight is 281 g/mol. The van der Waals surface area contributed by atoms with Gasteiger partial charge in [-0.05, 0) is 34.5 Å². The SMILES string of the molecule is CC([18F])C(=O)OCc1c2ccccc2cc2ccccc12. The van der Waals surface area contributed by atoms with E-state index >= 15 is 0 Å². The Labute approximate surface area is 122 Å². The zero-order chi connectivity index (χ0) is 14.8. The predicted molar refractivity (Wildman–Crippen MR) is 81.8 cm³/mol. The van der Waals surface area contributed by atoms with E-state index in [-0.39, 0.29) is 6.61 Å². The van der Waals surface area contributed by atoms with Gasteiger partial charge in [0.1, 0.15) is 6.61 Å². The standard InChI is InChI=1S/C18H15FO2/c1-12(19)18(20)21-11-17-15-8-4-2-6-13(15)10-14-7-3-5-9-16(14)17/h2-10,12H,11H2,1H3/i19-1. The van der Waals surface area contributed by atoms with Gasteiger partial charge in [-0.15, -0.1) is 0 Å². The van der Waals surface area contributed by atoms with Crippen LogP contribution in [0, 0.1) is 0 Å². The zero-order valence-electron chi connectivity index (χ0n) is 11.7. The Hall–Kier alpha value is -2.42. The molecule has 0 aliphatic rings. The number of halogens is 1. The molecule has 3 aromatic rings. The first-order chi connectivity index (χ1) is 10.2. The summed E-state index contributed by atoms with van der Waals surface area (Å²) < 4.78 is 18.0. The van der Waals surface area contributed by atoms with Crippen LogP contribution >= 0.6 is 0 Å². The lowest BCUT2D eigenvalue weighted by atomic mass is 9.97. The Bertz CT molecular complexity index is 755. The molecule has 0 heterocycles. The van der Waals surface area contributed by atoms with Crippen molar-refractivity contribution < 1.29 is 13.9 Å². The third-order valence-corrected chi connectivity index (χ3v) is 3.57. The quantitative estimate of drug-likeness (QED) is 0.525. The number of alkyl halides is 1. The first-order valence-electron chi connectivity index (χ1n) is 6.87. The first kappa shape index (κ1) is 13.6. The van der Waals surface area contributed by atoms with Gasteiger partial charge in [0.15, 0.2) is 6.17 Å². The normalized spacial score (nSPS) is 12.5. The van der Waals surface area contributed by atoms with Gasteiger partial charge in [0.25, 0.3) is 0 Å². The van der Waals surface area contributed by atoms with E-state index < -0.39 is 12.1 Å². The molecule has 3 heteroatoms. The van der Waals surface area contributed by atoms with Crippen LogP contribution in [0.2, 0.25) is 0 Å². The molecule has 0 saturated heterocycles. The second kappa shape index (κ2) is 5.52. The molecular formula is C18H15FO2. The van der Waals surface area contributed by atoms with E-state index in [0.29, 0.717) is 0 Å². The van der Waals surface area contributed by atoms with Crippen molar-refractivity contribution in [2.45, 2.75) is 19.7 Å². The van der Waals surface area contributed by atoms with Gasteiger partial charge in [-0.2, -0.15) is 0 Å². The van der Waals surface area contributed by atoms with Crippen LogP contribution in [0.3, 0.4) is 0 Å². The molecule has 2 nitrogen and oxygen atoms in total. The minimum absolute atomic E-state index is 0.0783. The van der Waals surface area contributed by atoms with Crippen LogP contribution < -0.4 is 0 Å². The van der Waals surface area contributed by atoms with Crippen LogP contribution in [-0.4, -0.2) is 12.1 Å². The second-order valence-electron chi connectivity index (χ2n) is 5.02. The van der Waals surface area contributed by atoms with Crippen molar-refractivity contribution in [2.24, 2.45) is 0 Å². The summed E-state index contributed by atoms with van der Waals surface area (Å²) in [5.41, 5.74) is 0.915. The van der Waals surface area contributed by atoms with Gasteiger partial charge < -0.3 is 4.74 Å². The van der Waals surface area contributed by atoms with Crippen molar-refractivity contribution in [3.8, 4) is 0 Å². The first-order valence-corrected chi connectivity index (χ1v) is 6.87. The highest BCUT2D eigenvalue weighted by atomic mass is 18.2. The predicted octanol–water partition coefficient (Wildman–Crippen LogP) is 4.39. The molecule has 3 aromatic carbocycles. The van der Waals surface area contributed by atoms with Crippen LogP contribution in [0.1, 0.15) is 12.5 Å². The third kappa shape index (κ3) is 2.59. The molecule has 0 bridgehead atoms. The number of rotatable bonds is 3. The molecule has 1 atom stereocenters. The Morgan fingerprint density at radius 3 is 2.10 bits per heavy atom. The number of carbonyl (C=O) groups is 1. The smallest absolute Gasteiger partial charge is 0.340 e. The second-order valence-corrected chi connectivity index (χ2v) is 5.02. The lowest BCUT2D eigenvalue weighted by Crippen LogP contribution is -2.15. The van der Waals surface area contributed by atoms with Crippen LogP contribution in [0.4, 0.5) is 4.39 Å². The van der Waals surface area contributed by atoms with E-state index in [1.165, 1.54) is 6.92 Å². The van der Waals surface area contributed by atoms with Crippen molar-refractivity contribution >= 4 is 27.5 Å². The van der Waals surface area contributed by atoms with Gasteiger partial charge in [-0.1, -0.05) is 48.5 Å². The number of esters is 1. The maximum atomic E-state index is 13.0. The topological polar surface area (TPSA) is 26.3 Å². The van der Waals surface area contributed by atoms with Crippen molar-refractivity contribution in [1.82, 2.24) is 0 Å². The summed E-state index contributed by atoms with van der Waals surface area (Å²) in [6.07, 6.45) is -1.61.